The van der Waals surface area contributed by atoms with Crippen LogP contribution in [0.4, 0.5) is 4.39 Å². The molecule has 0 radical (unpaired) electrons. The molecule has 0 fully saturated rings. The van der Waals surface area contributed by atoms with Crippen molar-refractivity contribution >= 4 is 21.4 Å². The average molecular weight is 314 g/mol. The topological polar surface area (TPSA) is 60.2 Å². The van der Waals surface area contributed by atoms with Gasteiger partial charge in [0.15, 0.2) is 9.84 Å². The maximum atomic E-state index is 12.9. The molecule has 3 nitrogen and oxygen atoms in total. The second kappa shape index (κ2) is 5.91. The fraction of sp³-hybridized carbons (Fsp3) is 0.143. The van der Waals surface area contributed by atoms with E-state index < -0.39 is 20.9 Å². The Morgan fingerprint density at radius 1 is 1.05 bits per heavy atom. The van der Waals surface area contributed by atoms with Crippen LogP contribution in [0.25, 0.3) is 0 Å². The van der Waals surface area contributed by atoms with Crippen LogP contribution in [-0.4, -0.2) is 15.0 Å². The number of benzene rings is 2. The highest BCUT2D eigenvalue weighted by molar-refractivity contribution is 7.91. The quantitative estimate of drug-likeness (QED) is 0.883. The van der Waals surface area contributed by atoms with Crippen molar-refractivity contribution in [1.29, 1.82) is 0 Å². The first-order chi connectivity index (χ1) is 9.45. The molecule has 0 heterocycles. The van der Waals surface area contributed by atoms with Crippen molar-refractivity contribution in [1.82, 2.24) is 0 Å². The number of rotatable bonds is 4. The Hall–Kier alpha value is -1.43. The fourth-order valence-corrected chi connectivity index (χ4v) is 3.65. The summed E-state index contributed by atoms with van der Waals surface area (Å²) in [5.74, 6) is -0.486. The second-order valence-electron chi connectivity index (χ2n) is 4.27. The Bertz CT molecular complexity index is 684. The van der Waals surface area contributed by atoms with E-state index in [1.165, 1.54) is 12.1 Å². The monoisotopic (exact) mass is 313 g/mol. The van der Waals surface area contributed by atoms with Crippen LogP contribution in [0, 0.1) is 5.82 Å². The molecule has 0 amide bonds. The summed E-state index contributed by atoms with van der Waals surface area (Å²) in [7, 11) is -3.67. The van der Waals surface area contributed by atoms with Gasteiger partial charge in [0.05, 0.1) is 4.90 Å². The first-order valence-electron chi connectivity index (χ1n) is 5.90. The second-order valence-corrected chi connectivity index (χ2v) is 6.84. The van der Waals surface area contributed by atoms with Crippen LogP contribution in [0.3, 0.4) is 0 Å². The molecule has 0 aliphatic rings. The molecule has 2 aromatic rings. The minimum atomic E-state index is -3.67. The zero-order valence-electron chi connectivity index (χ0n) is 10.5. The molecule has 6 heteroatoms. The highest BCUT2D eigenvalue weighted by atomic mass is 35.5. The number of halogens is 2. The van der Waals surface area contributed by atoms with Gasteiger partial charge in [-0.1, -0.05) is 23.7 Å². The lowest BCUT2D eigenvalue weighted by atomic mass is 10.1. The Balaban J connectivity index is 2.44. The first-order valence-corrected chi connectivity index (χ1v) is 7.82. The maximum absolute atomic E-state index is 12.9. The molecule has 2 rings (SSSR count). The lowest BCUT2D eigenvalue weighted by Gasteiger charge is -2.16. The van der Waals surface area contributed by atoms with E-state index in [9.17, 15) is 12.8 Å². The summed E-state index contributed by atoms with van der Waals surface area (Å²) in [6.07, 6.45) is 0. The third kappa shape index (κ3) is 3.00. The molecular weight excluding hydrogens is 301 g/mol. The van der Waals surface area contributed by atoms with Crippen molar-refractivity contribution in [2.24, 2.45) is 5.73 Å². The zero-order valence-corrected chi connectivity index (χ0v) is 12.0. The third-order valence-corrected chi connectivity index (χ3v) is 5.37. The maximum Gasteiger partial charge on any atom is 0.186 e. The molecule has 0 unspecified atom stereocenters. The van der Waals surface area contributed by atoms with E-state index in [0.29, 0.717) is 10.6 Å². The van der Waals surface area contributed by atoms with Gasteiger partial charge in [0, 0.05) is 11.6 Å². The minimum absolute atomic E-state index is 0.0456. The molecule has 2 aromatic carbocycles. The minimum Gasteiger partial charge on any atom is -0.329 e. The van der Waals surface area contributed by atoms with E-state index in [2.05, 4.69) is 0 Å². The summed E-state index contributed by atoms with van der Waals surface area (Å²) in [4.78, 5) is 0.0456. The van der Waals surface area contributed by atoms with Crippen molar-refractivity contribution < 1.29 is 12.8 Å². The van der Waals surface area contributed by atoms with Crippen LogP contribution in [-0.2, 0) is 9.84 Å². The molecular formula is C14H13ClFNO2S. The summed E-state index contributed by atoms with van der Waals surface area (Å²) in [6.45, 7) is -0.0681. The molecule has 0 spiro atoms. The Labute approximate surface area is 122 Å². The SMILES string of the molecule is NC[C@H](c1ccc(Cl)cc1)S(=O)(=O)c1ccc(F)cc1. The number of hydrogen-bond donors (Lipinski definition) is 1. The van der Waals surface area contributed by atoms with Gasteiger partial charge in [0.25, 0.3) is 0 Å². The molecule has 0 bridgehead atoms. The predicted octanol–water partition coefficient (Wildman–Crippen LogP) is 2.95. The van der Waals surface area contributed by atoms with Gasteiger partial charge < -0.3 is 5.73 Å². The van der Waals surface area contributed by atoms with E-state index in [1.807, 2.05) is 0 Å². The van der Waals surface area contributed by atoms with E-state index >= 15 is 0 Å². The summed E-state index contributed by atoms with van der Waals surface area (Å²) < 4.78 is 37.9. The van der Waals surface area contributed by atoms with Crippen LogP contribution in [0.5, 0.6) is 0 Å². The molecule has 2 N–H and O–H groups in total. The van der Waals surface area contributed by atoms with Gasteiger partial charge in [0.1, 0.15) is 11.1 Å². The van der Waals surface area contributed by atoms with Crippen LogP contribution in [0.15, 0.2) is 53.4 Å². The molecule has 106 valence electrons. The zero-order chi connectivity index (χ0) is 14.8. The molecule has 0 aliphatic heterocycles. The van der Waals surface area contributed by atoms with E-state index in [0.717, 1.165) is 12.1 Å². The molecule has 20 heavy (non-hydrogen) atoms. The van der Waals surface area contributed by atoms with Crippen molar-refractivity contribution in [2.75, 3.05) is 6.54 Å². The van der Waals surface area contributed by atoms with Gasteiger partial charge in [-0.15, -0.1) is 0 Å². The number of sulfone groups is 1. The largest absolute Gasteiger partial charge is 0.329 e. The van der Waals surface area contributed by atoms with Crippen LogP contribution in [0.2, 0.25) is 5.02 Å². The van der Waals surface area contributed by atoms with Crippen LogP contribution in [0.1, 0.15) is 10.8 Å². The fourth-order valence-electron chi connectivity index (χ4n) is 1.91. The van der Waals surface area contributed by atoms with Gasteiger partial charge in [-0.3, -0.25) is 0 Å². The lowest BCUT2D eigenvalue weighted by Crippen LogP contribution is -2.22. The van der Waals surface area contributed by atoms with E-state index in [1.54, 1.807) is 24.3 Å². The van der Waals surface area contributed by atoms with Crippen LogP contribution < -0.4 is 5.73 Å². The summed E-state index contributed by atoms with van der Waals surface area (Å²) in [6, 6.07) is 11.2. The molecule has 0 aromatic heterocycles. The van der Waals surface area contributed by atoms with Crippen molar-refractivity contribution in [3.63, 3.8) is 0 Å². The van der Waals surface area contributed by atoms with Gasteiger partial charge in [-0.05, 0) is 42.0 Å². The third-order valence-electron chi connectivity index (χ3n) is 2.97. The number of hydrogen-bond acceptors (Lipinski definition) is 3. The summed E-state index contributed by atoms with van der Waals surface area (Å²) in [5.41, 5.74) is 6.17. The number of nitrogens with two attached hydrogens (primary N) is 1. The smallest absolute Gasteiger partial charge is 0.186 e. The van der Waals surface area contributed by atoms with Crippen LogP contribution >= 0.6 is 11.6 Å². The Morgan fingerprint density at radius 3 is 2.10 bits per heavy atom. The van der Waals surface area contributed by atoms with Gasteiger partial charge >= 0.3 is 0 Å². The summed E-state index contributed by atoms with van der Waals surface area (Å²) >= 11 is 5.79. The normalized spacial score (nSPS) is 13.2. The average Bonchev–Trinajstić information content (AvgIpc) is 2.42. The first kappa shape index (κ1) is 15.0. The molecule has 0 aliphatic carbocycles. The lowest BCUT2D eigenvalue weighted by molar-refractivity contribution is 0.581. The summed E-state index contributed by atoms with van der Waals surface area (Å²) in [5, 5.41) is -0.367. The molecule has 0 saturated carbocycles. The highest BCUT2D eigenvalue weighted by Gasteiger charge is 2.27. The van der Waals surface area contributed by atoms with E-state index in [4.69, 9.17) is 17.3 Å². The van der Waals surface area contributed by atoms with Gasteiger partial charge in [0.2, 0.25) is 0 Å². The Morgan fingerprint density at radius 2 is 1.60 bits per heavy atom. The highest BCUT2D eigenvalue weighted by Crippen LogP contribution is 2.28. The van der Waals surface area contributed by atoms with Gasteiger partial charge in [-0.25, -0.2) is 12.8 Å². The Kier molecular flexibility index (Phi) is 4.42. The molecule has 0 saturated heterocycles. The molecule has 1 atom stereocenters. The van der Waals surface area contributed by atoms with Crippen molar-refractivity contribution in [3.05, 3.63) is 64.9 Å². The van der Waals surface area contributed by atoms with E-state index in [-0.39, 0.29) is 11.4 Å². The van der Waals surface area contributed by atoms with Crippen molar-refractivity contribution in [2.45, 2.75) is 10.1 Å². The van der Waals surface area contributed by atoms with Crippen molar-refractivity contribution in [3.8, 4) is 0 Å². The predicted molar refractivity (Wildman–Crippen MR) is 76.8 cm³/mol. The van der Waals surface area contributed by atoms with Gasteiger partial charge in [-0.2, -0.15) is 0 Å². The standard InChI is InChI=1S/C14H13ClFNO2S/c15-11-3-1-10(2-4-11)14(9-17)20(18,19)13-7-5-12(16)6-8-13/h1-8,14H,9,17H2/t14-/m1/s1.